The summed E-state index contributed by atoms with van der Waals surface area (Å²) in [4.78, 5) is 8.27. The molecule has 0 saturated heterocycles. The zero-order chi connectivity index (χ0) is 12.2. The fourth-order valence-electron chi connectivity index (χ4n) is 2.14. The van der Waals surface area contributed by atoms with Gasteiger partial charge in [-0.15, -0.1) is 0 Å². The Morgan fingerprint density at radius 1 is 1.12 bits per heavy atom. The van der Waals surface area contributed by atoms with Crippen molar-refractivity contribution in [2.24, 2.45) is 9.98 Å². The van der Waals surface area contributed by atoms with Gasteiger partial charge in [0.1, 0.15) is 6.34 Å². The fourth-order valence-corrected chi connectivity index (χ4v) is 2.14. The molecule has 0 saturated carbocycles. The summed E-state index contributed by atoms with van der Waals surface area (Å²) in [6.07, 6.45) is 18.0. The molecule has 2 nitrogen and oxygen atoms in total. The molecule has 1 rings (SSSR count). The van der Waals surface area contributed by atoms with Crippen LogP contribution in [0.5, 0.6) is 0 Å². The van der Waals surface area contributed by atoms with Gasteiger partial charge in [0.15, 0.2) is 0 Å². The van der Waals surface area contributed by atoms with Gasteiger partial charge in [0.05, 0.1) is 0 Å². The number of allylic oxidation sites excluding steroid dienone is 2. The largest absolute Gasteiger partial charge is 0.274 e. The van der Waals surface area contributed by atoms with E-state index in [4.69, 9.17) is 0 Å². The van der Waals surface area contributed by atoms with Crippen molar-refractivity contribution in [3.05, 3.63) is 11.6 Å². The summed E-state index contributed by atoms with van der Waals surface area (Å²) < 4.78 is 0. The Bertz CT molecular complexity index is 264. The minimum atomic E-state index is 0.819. The number of aliphatic imine (C=N–C) groups is 2. The van der Waals surface area contributed by atoms with Crippen molar-refractivity contribution in [1.29, 1.82) is 0 Å². The second-order valence-electron chi connectivity index (χ2n) is 4.67. The quantitative estimate of drug-likeness (QED) is 0.387. The van der Waals surface area contributed by atoms with Gasteiger partial charge < -0.3 is 0 Å². The molecule has 1 aliphatic carbocycles. The first-order valence-corrected chi connectivity index (χ1v) is 7.11. The van der Waals surface area contributed by atoms with E-state index in [0.29, 0.717) is 0 Å². The molecule has 2 heteroatoms. The Morgan fingerprint density at radius 3 is 2.71 bits per heavy atom. The molecule has 0 aromatic heterocycles. The van der Waals surface area contributed by atoms with Crippen molar-refractivity contribution in [2.75, 3.05) is 6.54 Å². The molecule has 0 radical (unpaired) electrons. The Kier molecular flexibility index (Phi) is 8.53. The van der Waals surface area contributed by atoms with Gasteiger partial charge >= 0.3 is 0 Å². The van der Waals surface area contributed by atoms with Gasteiger partial charge in [-0.1, -0.05) is 37.3 Å². The van der Waals surface area contributed by atoms with E-state index in [2.05, 4.69) is 16.1 Å². The molecule has 0 aromatic carbocycles. The summed E-state index contributed by atoms with van der Waals surface area (Å²) in [7, 11) is 0. The van der Waals surface area contributed by atoms with E-state index in [9.17, 15) is 0 Å². The minimum absolute atomic E-state index is 0.819. The van der Waals surface area contributed by atoms with Gasteiger partial charge in [-0.05, 0) is 32.6 Å². The number of hydrogen-bond acceptors (Lipinski definition) is 1. The van der Waals surface area contributed by atoms with Gasteiger partial charge in [-0.25, -0.2) is 4.99 Å². The number of rotatable bonds is 4. The maximum Gasteiger partial charge on any atom is 0.109 e. The Hall–Kier alpha value is -0.920. The van der Waals surface area contributed by atoms with Crippen LogP contribution in [0.1, 0.15) is 64.7 Å². The molecular weight excluding hydrogens is 208 g/mol. The normalized spacial score (nSPS) is 22.8. The average Bonchev–Trinajstić information content (AvgIpc) is 2.36. The van der Waals surface area contributed by atoms with Gasteiger partial charge in [-0.2, -0.15) is 0 Å². The van der Waals surface area contributed by atoms with E-state index >= 15 is 0 Å². The summed E-state index contributed by atoms with van der Waals surface area (Å²) in [6.45, 7) is 2.84. The van der Waals surface area contributed by atoms with E-state index in [1.165, 1.54) is 51.4 Å². The first kappa shape index (κ1) is 14.1. The number of hydrogen-bond donors (Lipinski definition) is 0. The summed E-state index contributed by atoms with van der Waals surface area (Å²) in [5.74, 6) is 0. The molecule has 17 heavy (non-hydrogen) atoms. The van der Waals surface area contributed by atoms with Crippen molar-refractivity contribution in [3.63, 3.8) is 0 Å². The van der Waals surface area contributed by atoms with Crippen LogP contribution >= 0.6 is 0 Å². The fraction of sp³-hybridized carbons (Fsp3) is 0.733. The SMILES string of the molecule is CC/N=C\N=C/C/C1=C/CCCCCCCC1. The molecule has 0 heterocycles. The van der Waals surface area contributed by atoms with Crippen molar-refractivity contribution < 1.29 is 0 Å². The number of nitrogens with zero attached hydrogens (tertiary/aromatic N) is 2. The van der Waals surface area contributed by atoms with Gasteiger partial charge in [0.2, 0.25) is 0 Å². The van der Waals surface area contributed by atoms with Crippen molar-refractivity contribution in [1.82, 2.24) is 0 Å². The standard InChI is InChI=1S/C15H26N2/c1-2-16-14-17-13-12-15-10-8-6-4-3-5-7-9-11-15/h10,13-14H,2-9,11-12H2,1H3/b15-10+,16-14-,17-13-. The Morgan fingerprint density at radius 2 is 1.88 bits per heavy atom. The second kappa shape index (κ2) is 10.2. The van der Waals surface area contributed by atoms with Gasteiger partial charge in [0, 0.05) is 19.2 Å². The maximum absolute atomic E-state index is 4.19. The van der Waals surface area contributed by atoms with Crippen LogP contribution in [0.2, 0.25) is 0 Å². The van der Waals surface area contributed by atoms with E-state index in [0.717, 1.165) is 13.0 Å². The molecule has 0 atom stereocenters. The molecule has 0 bridgehead atoms. The topological polar surface area (TPSA) is 24.7 Å². The molecular formula is C15H26N2. The highest BCUT2D eigenvalue weighted by Crippen LogP contribution is 2.18. The van der Waals surface area contributed by atoms with Crippen LogP contribution in [0.15, 0.2) is 21.6 Å². The zero-order valence-electron chi connectivity index (χ0n) is 11.2. The molecule has 0 spiro atoms. The molecule has 0 amide bonds. The van der Waals surface area contributed by atoms with Gasteiger partial charge in [-0.3, -0.25) is 4.99 Å². The molecule has 0 fully saturated rings. The molecule has 96 valence electrons. The highest BCUT2D eigenvalue weighted by Gasteiger charge is 1.99. The van der Waals surface area contributed by atoms with E-state index in [1.807, 2.05) is 13.1 Å². The lowest BCUT2D eigenvalue weighted by atomic mass is 9.99. The van der Waals surface area contributed by atoms with E-state index in [-0.39, 0.29) is 0 Å². The van der Waals surface area contributed by atoms with Crippen molar-refractivity contribution in [3.8, 4) is 0 Å². The lowest BCUT2D eigenvalue weighted by molar-refractivity contribution is 0.584. The van der Waals surface area contributed by atoms with Crippen molar-refractivity contribution >= 4 is 12.6 Å². The smallest absolute Gasteiger partial charge is 0.109 e. The van der Waals surface area contributed by atoms with Crippen LogP contribution < -0.4 is 0 Å². The molecule has 1 aliphatic rings. The molecule has 0 N–H and O–H groups in total. The lowest BCUT2D eigenvalue weighted by Gasteiger charge is -2.08. The zero-order valence-corrected chi connectivity index (χ0v) is 11.2. The average molecular weight is 234 g/mol. The molecule has 0 unspecified atom stereocenters. The van der Waals surface area contributed by atoms with E-state index < -0.39 is 0 Å². The van der Waals surface area contributed by atoms with Crippen LogP contribution in [0.4, 0.5) is 0 Å². The highest BCUT2D eigenvalue weighted by atomic mass is 14.8. The monoisotopic (exact) mass is 234 g/mol. The molecule has 0 aliphatic heterocycles. The summed E-state index contributed by atoms with van der Waals surface area (Å²) in [6, 6.07) is 0. The van der Waals surface area contributed by atoms with Crippen molar-refractivity contribution in [2.45, 2.75) is 64.7 Å². The Balaban J connectivity index is 2.33. The second-order valence-corrected chi connectivity index (χ2v) is 4.67. The third-order valence-corrected chi connectivity index (χ3v) is 3.17. The first-order valence-electron chi connectivity index (χ1n) is 7.11. The third kappa shape index (κ3) is 7.89. The molecule has 0 aromatic rings. The predicted molar refractivity (Wildman–Crippen MR) is 77.2 cm³/mol. The van der Waals surface area contributed by atoms with Crippen LogP contribution in [0, 0.1) is 0 Å². The summed E-state index contributed by atoms with van der Waals surface area (Å²) in [5, 5.41) is 0. The summed E-state index contributed by atoms with van der Waals surface area (Å²) in [5.41, 5.74) is 1.57. The first-order chi connectivity index (χ1) is 8.43. The van der Waals surface area contributed by atoms with Crippen LogP contribution in [-0.2, 0) is 0 Å². The predicted octanol–water partition coefficient (Wildman–Crippen LogP) is 4.56. The van der Waals surface area contributed by atoms with E-state index in [1.54, 1.807) is 11.9 Å². The lowest BCUT2D eigenvalue weighted by Crippen LogP contribution is -1.91. The van der Waals surface area contributed by atoms with Crippen LogP contribution in [-0.4, -0.2) is 19.1 Å². The summed E-state index contributed by atoms with van der Waals surface area (Å²) >= 11 is 0. The van der Waals surface area contributed by atoms with Crippen LogP contribution in [0.25, 0.3) is 0 Å². The Labute approximate surface area is 106 Å². The van der Waals surface area contributed by atoms with Gasteiger partial charge in [0.25, 0.3) is 0 Å². The van der Waals surface area contributed by atoms with Crippen LogP contribution in [0.3, 0.4) is 0 Å². The minimum Gasteiger partial charge on any atom is -0.274 e. The highest BCUT2D eigenvalue weighted by molar-refractivity contribution is 5.73. The maximum atomic E-state index is 4.19. The third-order valence-electron chi connectivity index (χ3n) is 3.17.